The number of anilines is 2. The zero-order chi connectivity index (χ0) is 18.6. The van der Waals surface area contributed by atoms with Crippen molar-refractivity contribution in [2.75, 3.05) is 10.6 Å². The number of rotatable bonds is 5. The van der Waals surface area contributed by atoms with E-state index >= 15 is 0 Å². The lowest BCUT2D eigenvalue weighted by atomic mass is 9.86. The highest BCUT2D eigenvalue weighted by Crippen LogP contribution is 2.36. The van der Waals surface area contributed by atoms with Crippen LogP contribution in [0.2, 0.25) is 0 Å². The van der Waals surface area contributed by atoms with Crippen LogP contribution in [0.25, 0.3) is 0 Å². The van der Waals surface area contributed by atoms with Gasteiger partial charge in [0, 0.05) is 23.1 Å². The third-order valence-electron chi connectivity index (χ3n) is 5.21. The number of aromatic nitrogens is 2. The number of para-hydroxylation sites is 1. The van der Waals surface area contributed by atoms with Gasteiger partial charge in [0.05, 0.1) is 10.9 Å². The molecule has 1 fully saturated rings. The predicted molar refractivity (Wildman–Crippen MR) is 107 cm³/mol. The topological polar surface area (TPSA) is 86.9 Å². The molecule has 142 valence electrons. The second kappa shape index (κ2) is 8.17. The number of carbonyl (C=O) groups excluding carboxylic acids is 2. The number of carbonyl (C=O) groups is 2. The number of nitrogens with zero attached hydrogens (tertiary/aromatic N) is 1. The molecular weight excluding hydrogens is 360 g/mol. The first-order chi connectivity index (χ1) is 13.2. The molecule has 0 saturated heterocycles. The Kier molecular flexibility index (Phi) is 5.48. The zero-order valence-electron chi connectivity index (χ0n) is 15.2. The van der Waals surface area contributed by atoms with Gasteiger partial charge >= 0.3 is 0 Å². The van der Waals surface area contributed by atoms with Gasteiger partial charge in [-0.15, -0.1) is 11.8 Å². The molecular formula is C20H24N4O2S. The molecule has 2 aliphatic rings. The van der Waals surface area contributed by atoms with Crippen molar-refractivity contribution in [1.29, 1.82) is 0 Å². The van der Waals surface area contributed by atoms with E-state index in [1.165, 1.54) is 43.9 Å². The van der Waals surface area contributed by atoms with E-state index in [1.54, 1.807) is 0 Å². The highest BCUT2D eigenvalue weighted by molar-refractivity contribution is 8.01. The van der Waals surface area contributed by atoms with Crippen molar-refractivity contribution in [1.82, 2.24) is 10.2 Å². The molecule has 2 aromatic rings. The summed E-state index contributed by atoms with van der Waals surface area (Å²) >= 11 is 1.43. The van der Waals surface area contributed by atoms with Crippen LogP contribution in [0.15, 0.2) is 35.2 Å². The van der Waals surface area contributed by atoms with Crippen LogP contribution in [0.1, 0.15) is 44.2 Å². The third-order valence-corrected chi connectivity index (χ3v) is 6.48. The summed E-state index contributed by atoms with van der Waals surface area (Å²) in [4.78, 5) is 25.6. The Hall–Kier alpha value is -2.28. The van der Waals surface area contributed by atoms with Gasteiger partial charge in [-0.3, -0.25) is 14.7 Å². The molecule has 1 aromatic carbocycles. The number of thioether (sulfide) groups is 1. The molecule has 6 nitrogen and oxygen atoms in total. The highest BCUT2D eigenvalue weighted by atomic mass is 32.2. The van der Waals surface area contributed by atoms with Gasteiger partial charge in [0.1, 0.15) is 0 Å². The molecule has 7 heteroatoms. The smallest absolute Gasteiger partial charge is 0.238 e. The quantitative estimate of drug-likeness (QED) is 0.728. The predicted octanol–water partition coefficient (Wildman–Crippen LogP) is 3.97. The Morgan fingerprint density at radius 3 is 2.89 bits per heavy atom. The maximum Gasteiger partial charge on any atom is 0.238 e. The van der Waals surface area contributed by atoms with Crippen LogP contribution in [0, 0.1) is 5.92 Å². The van der Waals surface area contributed by atoms with Crippen molar-refractivity contribution in [2.45, 2.75) is 55.1 Å². The Bertz CT molecular complexity index is 829. The molecule has 4 rings (SSSR count). The van der Waals surface area contributed by atoms with Crippen molar-refractivity contribution in [3.8, 4) is 0 Å². The summed E-state index contributed by atoms with van der Waals surface area (Å²) in [5, 5.41) is 12.5. The molecule has 2 amide bonds. The minimum atomic E-state index is -0.430. The summed E-state index contributed by atoms with van der Waals surface area (Å²) < 4.78 is 0. The molecule has 0 bridgehead atoms. The Morgan fingerprint density at radius 1 is 1.22 bits per heavy atom. The van der Waals surface area contributed by atoms with Crippen molar-refractivity contribution in [3.05, 3.63) is 36.0 Å². The Labute approximate surface area is 162 Å². The molecule has 1 aliphatic heterocycles. The van der Waals surface area contributed by atoms with Gasteiger partial charge < -0.3 is 10.6 Å². The number of hydrogen-bond donors (Lipinski definition) is 3. The molecule has 0 spiro atoms. The van der Waals surface area contributed by atoms with Crippen LogP contribution in [0.4, 0.5) is 11.5 Å². The maximum absolute atomic E-state index is 12.4. The van der Waals surface area contributed by atoms with Gasteiger partial charge in [-0.2, -0.15) is 5.10 Å². The number of H-pyrrole nitrogens is 1. The molecule has 0 radical (unpaired) electrons. The second-order valence-electron chi connectivity index (χ2n) is 7.33. The lowest BCUT2D eigenvalue weighted by Crippen LogP contribution is -2.32. The fraction of sp³-hybridized carbons (Fsp3) is 0.450. The van der Waals surface area contributed by atoms with E-state index in [0.29, 0.717) is 11.7 Å². The van der Waals surface area contributed by atoms with Gasteiger partial charge in [-0.05, 0) is 24.5 Å². The van der Waals surface area contributed by atoms with Gasteiger partial charge in [0.15, 0.2) is 5.82 Å². The van der Waals surface area contributed by atoms with Gasteiger partial charge in [0.25, 0.3) is 0 Å². The molecule has 1 unspecified atom stereocenters. The van der Waals surface area contributed by atoms with E-state index in [9.17, 15) is 9.59 Å². The van der Waals surface area contributed by atoms with Crippen LogP contribution >= 0.6 is 11.8 Å². The molecule has 1 saturated carbocycles. The Balaban J connectivity index is 1.31. The third kappa shape index (κ3) is 4.53. The number of benzene rings is 1. The summed E-state index contributed by atoms with van der Waals surface area (Å²) in [6, 6.07) is 9.55. The minimum absolute atomic E-state index is 0.121. The lowest BCUT2D eigenvalue weighted by molar-refractivity contribution is -0.120. The summed E-state index contributed by atoms with van der Waals surface area (Å²) in [6.45, 7) is 0. The SMILES string of the molecule is O=C(CC1Sc2ccccc2NC1=O)Nc1cc(CC2CCCCC2)[nH]n1. The molecule has 2 heterocycles. The van der Waals surface area contributed by atoms with E-state index in [1.807, 2.05) is 30.3 Å². The van der Waals surface area contributed by atoms with Crippen molar-refractivity contribution >= 4 is 35.1 Å². The van der Waals surface area contributed by atoms with Crippen LogP contribution < -0.4 is 10.6 Å². The van der Waals surface area contributed by atoms with E-state index in [0.717, 1.165) is 22.7 Å². The average molecular weight is 385 g/mol. The van der Waals surface area contributed by atoms with Crippen molar-refractivity contribution in [2.24, 2.45) is 5.92 Å². The first kappa shape index (κ1) is 18.1. The van der Waals surface area contributed by atoms with Gasteiger partial charge in [-0.1, -0.05) is 44.2 Å². The van der Waals surface area contributed by atoms with Crippen molar-refractivity contribution < 1.29 is 9.59 Å². The number of aromatic amines is 1. The summed E-state index contributed by atoms with van der Waals surface area (Å²) in [6.07, 6.45) is 7.62. The molecule has 1 atom stereocenters. The molecule has 1 aliphatic carbocycles. The first-order valence-corrected chi connectivity index (χ1v) is 10.5. The molecule has 27 heavy (non-hydrogen) atoms. The number of amides is 2. The summed E-state index contributed by atoms with van der Waals surface area (Å²) in [5.74, 6) is 0.921. The Morgan fingerprint density at radius 2 is 2.04 bits per heavy atom. The van der Waals surface area contributed by atoms with E-state index < -0.39 is 5.25 Å². The van der Waals surface area contributed by atoms with Gasteiger partial charge in [0.2, 0.25) is 11.8 Å². The van der Waals surface area contributed by atoms with Crippen LogP contribution in [0.3, 0.4) is 0 Å². The fourth-order valence-corrected chi connectivity index (χ4v) is 4.93. The number of fused-ring (bicyclic) bond motifs is 1. The second-order valence-corrected chi connectivity index (χ2v) is 8.58. The normalized spacial score (nSPS) is 20.0. The monoisotopic (exact) mass is 384 g/mol. The molecule has 3 N–H and O–H groups in total. The number of hydrogen-bond acceptors (Lipinski definition) is 4. The van der Waals surface area contributed by atoms with Crippen LogP contribution in [0.5, 0.6) is 0 Å². The summed E-state index contributed by atoms with van der Waals surface area (Å²) in [7, 11) is 0. The summed E-state index contributed by atoms with van der Waals surface area (Å²) in [5.41, 5.74) is 1.87. The highest BCUT2D eigenvalue weighted by Gasteiger charge is 2.29. The minimum Gasteiger partial charge on any atom is -0.324 e. The molecule has 1 aromatic heterocycles. The lowest BCUT2D eigenvalue weighted by Gasteiger charge is -2.23. The zero-order valence-corrected chi connectivity index (χ0v) is 16.0. The van der Waals surface area contributed by atoms with E-state index in [-0.39, 0.29) is 18.2 Å². The standard InChI is InChI=1S/C20H24N4O2S/c25-19(12-17-20(26)21-15-8-4-5-9-16(15)27-17)22-18-11-14(23-24-18)10-13-6-2-1-3-7-13/h4-5,8-9,11,13,17H,1-3,6-7,10,12H2,(H,21,26)(H2,22,23,24,25). The van der Waals surface area contributed by atoms with Crippen LogP contribution in [-0.4, -0.2) is 27.3 Å². The van der Waals surface area contributed by atoms with Gasteiger partial charge in [-0.25, -0.2) is 0 Å². The fourth-order valence-electron chi connectivity index (χ4n) is 3.82. The largest absolute Gasteiger partial charge is 0.324 e. The van der Waals surface area contributed by atoms with E-state index in [4.69, 9.17) is 0 Å². The average Bonchev–Trinajstić information content (AvgIpc) is 3.10. The maximum atomic E-state index is 12.4. The number of nitrogens with one attached hydrogen (secondary N) is 3. The first-order valence-electron chi connectivity index (χ1n) is 9.58. The van der Waals surface area contributed by atoms with Crippen LogP contribution in [-0.2, 0) is 16.0 Å². The van der Waals surface area contributed by atoms with Crippen molar-refractivity contribution in [3.63, 3.8) is 0 Å². The van der Waals surface area contributed by atoms with E-state index in [2.05, 4.69) is 20.8 Å².